The molecular formula is C28H35N5O2. The van der Waals surface area contributed by atoms with Crippen LogP contribution in [0.1, 0.15) is 44.2 Å². The number of nitrogens with zero attached hydrogens (tertiary/aromatic N) is 5. The minimum Gasteiger partial charge on any atom is -0.350 e. The van der Waals surface area contributed by atoms with E-state index in [9.17, 15) is 9.59 Å². The van der Waals surface area contributed by atoms with Crippen LogP contribution in [0, 0.1) is 5.92 Å². The number of aromatic nitrogens is 2. The quantitative estimate of drug-likeness (QED) is 0.477. The Morgan fingerprint density at radius 1 is 1.03 bits per heavy atom. The molecule has 0 bridgehead atoms. The Balaban J connectivity index is 1.35. The largest absolute Gasteiger partial charge is 0.350 e. The zero-order valence-corrected chi connectivity index (χ0v) is 21.0. The summed E-state index contributed by atoms with van der Waals surface area (Å²) in [6.45, 7) is 7.66. The number of imide groups is 1. The van der Waals surface area contributed by atoms with Gasteiger partial charge in [0.2, 0.25) is 0 Å². The summed E-state index contributed by atoms with van der Waals surface area (Å²) in [4.78, 5) is 37.3. The Morgan fingerprint density at radius 2 is 1.80 bits per heavy atom. The van der Waals surface area contributed by atoms with Crippen LogP contribution in [0.4, 0.5) is 4.79 Å². The number of carbonyl (C=O) groups is 2. The van der Waals surface area contributed by atoms with Crippen molar-refractivity contribution in [3.63, 3.8) is 0 Å². The standard InChI is InChI=1S/C28H35N5O2/c1-21(2)10-14-33-27(35)32(18-22-7-6-13-29-17-22)26(34)28(33)11-15-31(16-12-28)20-23-19-30(3)25-9-5-4-8-24(23)25/h4-9,13,17,19,21H,10-12,14-16,18,20H2,1-3H3. The molecule has 5 rings (SSSR count). The molecule has 7 nitrogen and oxygen atoms in total. The van der Waals surface area contributed by atoms with Crippen LogP contribution < -0.4 is 0 Å². The highest BCUT2D eigenvalue weighted by atomic mass is 16.2. The number of hydrogen-bond donors (Lipinski definition) is 0. The summed E-state index contributed by atoms with van der Waals surface area (Å²) in [7, 11) is 2.09. The number of amides is 3. The Labute approximate surface area is 207 Å². The maximum atomic E-state index is 13.8. The SMILES string of the molecule is CC(C)CCN1C(=O)N(Cc2cccnc2)C(=O)C12CCN(Cc1cn(C)c3ccccc13)CC2. The first-order chi connectivity index (χ1) is 16.9. The first-order valence-electron chi connectivity index (χ1n) is 12.7. The second kappa shape index (κ2) is 9.46. The maximum absolute atomic E-state index is 13.8. The van der Waals surface area contributed by atoms with E-state index in [4.69, 9.17) is 0 Å². The van der Waals surface area contributed by atoms with Crippen molar-refractivity contribution in [3.8, 4) is 0 Å². The van der Waals surface area contributed by atoms with Gasteiger partial charge in [0.1, 0.15) is 5.54 Å². The lowest BCUT2D eigenvalue weighted by molar-refractivity contribution is -0.136. The molecule has 4 heterocycles. The minimum absolute atomic E-state index is 0.0417. The van der Waals surface area contributed by atoms with E-state index in [0.717, 1.165) is 31.6 Å². The highest BCUT2D eigenvalue weighted by Crippen LogP contribution is 2.39. The molecular weight excluding hydrogens is 438 g/mol. The van der Waals surface area contributed by atoms with Gasteiger partial charge in [-0.2, -0.15) is 0 Å². The number of piperidine rings is 1. The topological polar surface area (TPSA) is 61.7 Å². The van der Waals surface area contributed by atoms with Crippen molar-refractivity contribution in [1.82, 2.24) is 24.3 Å². The molecule has 0 atom stereocenters. The summed E-state index contributed by atoms with van der Waals surface area (Å²) in [5, 5.41) is 1.28. The van der Waals surface area contributed by atoms with Crippen molar-refractivity contribution in [2.24, 2.45) is 13.0 Å². The fourth-order valence-electron chi connectivity index (χ4n) is 5.65. The van der Waals surface area contributed by atoms with Gasteiger partial charge in [0.25, 0.3) is 5.91 Å². The van der Waals surface area contributed by atoms with Crippen LogP contribution in [-0.2, 0) is 24.9 Å². The number of para-hydroxylation sites is 1. The summed E-state index contributed by atoms with van der Waals surface area (Å²) in [5.41, 5.74) is 2.69. The van der Waals surface area contributed by atoms with Crippen LogP contribution in [0.5, 0.6) is 0 Å². The van der Waals surface area contributed by atoms with Gasteiger partial charge in [0.15, 0.2) is 0 Å². The van der Waals surface area contributed by atoms with E-state index in [2.05, 4.69) is 65.8 Å². The summed E-state index contributed by atoms with van der Waals surface area (Å²) in [6, 6.07) is 12.1. The van der Waals surface area contributed by atoms with Gasteiger partial charge < -0.3 is 9.47 Å². The van der Waals surface area contributed by atoms with Crippen LogP contribution in [0.25, 0.3) is 10.9 Å². The number of aryl methyl sites for hydroxylation is 1. The Hall–Kier alpha value is -3.19. The summed E-state index contributed by atoms with van der Waals surface area (Å²) in [6.07, 6.45) is 7.88. The van der Waals surface area contributed by atoms with E-state index in [1.807, 2.05) is 17.0 Å². The average Bonchev–Trinajstić information content (AvgIpc) is 3.27. The molecule has 2 aromatic heterocycles. The number of urea groups is 1. The third-order valence-corrected chi connectivity index (χ3v) is 7.67. The lowest BCUT2D eigenvalue weighted by atomic mass is 9.85. The lowest BCUT2D eigenvalue weighted by Gasteiger charge is -2.42. The molecule has 2 saturated heterocycles. The van der Waals surface area contributed by atoms with Gasteiger partial charge in [-0.05, 0) is 48.4 Å². The van der Waals surface area contributed by atoms with Crippen molar-refractivity contribution in [2.75, 3.05) is 19.6 Å². The summed E-state index contributed by atoms with van der Waals surface area (Å²) < 4.78 is 2.18. The smallest absolute Gasteiger partial charge is 0.327 e. The molecule has 0 unspecified atom stereocenters. The molecule has 0 aliphatic carbocycles. The van der Waals surface area contributed by atoms with E-state index in [0.29, 0.717) is 25.3 Å². The Morgan fingerprint density at radius 3 is 2.51 bits per heavy atom. The fraction of sp³-hybridized carbons (Fsp3) is 0.464. The molecule has 3 aromatic rings. The molecule has 3 amide bonds. The van der Waals surface area contributed by atoms with Crippen LogP contribution in [0.15, 0.2) is 55.0 Å². The van der Waals surface area contributed by atoms with Crippen molar-refractivity contribution in [1.29, 1.82) is 0 Å². The number of rotatable bonds is 7. The monoisotopic (exact) mass is 473 g/mol. The van der Waals surface area contributed by atoms with Crippen molar-refractivity contribution < 1.29 is 9.59 Å². The molecule has 0 radical (unpaired) electrons. The Kier molecular flexibility index (Phi) is 6.36. The average molecular weight is 474 g/mol. The van der Waals surface area contributed by atoms with Crippen LogP contribution in [-0.4, -0.2) is 61.4 Å². The summed E-state index contributed by atoms with van der Waals surface area (Å²) in [5.74, 6) is 0.425. The van der Waals surface area contributed by atoms with E-state index >= 15 is 0 Å². The normalized spacial score (nSPS) is 18.5. The van der Waals surface area contributed by atoms with Crippen molar-refractivity contribution in [3.05, 3.63) is 66.1 Å². The van der Waals surface area contributed by atoms with Crippen LogP contribution in [0.3, 0.4) is 0 Å². The van der Waals surface area contributed by atoms with Gasteiger partial charge in [-0.1, -0.05) is 38.1 Å². The van der Waals surface area contributed by atoms with E-state index in [1.165, 1.54) is 21.4 Å². The number of hydrogen-bond acceptors (Lipinski definition) is 4. The highest BCUT2D eigenvalue weighted by Gasteiger charge is 2.57. The van der Waals surface area contributed by atoms with Gasteiger partial charge in [-0.15, -0.1) is 0 Å². The number of benzene rings is 1. The highest BCUT2D eigenvalue weighted by molar-refractivity contribution is 6.07. The number of carbonyl (C=O) groups excluding carboxylic acids is 2. The number of pyridine rings is 1. The van der Waals surface area contributed by atoms with Gasteiger partial charge in [-0.3, -0.25) is 19.6 Å². The Bertz CT molecular complexity index is 1210. The number of fused-ring (bicyclic) bond motifs is 1. The molecule has 0 N–H and O–H groups in total. The van der Waals surface area contributed by atoms with Gasteiger partial charge in [-0.25, -0.2) is 4.79 Å². The summed E-state index contributed by atoms with van der Waals surface area (Å²) >= 11 is 0. The lowest BCUT2D eigenvalue weighted by Crippen LogP contribution is -2.56. The van der Waals surface area contributed by atoms with E-state index in [-0.39, 0.29) is 18.5 Å². The van der Waals surface area contributed by atoms with E-state index in [1.54, 1.807) is 12.4 Å². The van der Waals surface area contributed by atoms with E-state index < -0.39 is 5.54 Å². The van der Waals surface area contributed by atoms with Crippen molar-refractivity contribution in [2.45, 2.75) is 51.7 Å². The second-order valence-corrected chi connectivity index (χ2v) is 10.5. The molecule has 2 fully saturated rings. The fourth-order valence-corrected chi connectivity index (χ4v) is 5.65. The minimum atomic E-state index is -0.733. The zero-order valence-electron chi connectivity index (χ0n) is 21.0. The molecule has 2 aliphatic heterocycles. The molecule has 184 valence electrons. The van der Waals surface area contributed by atoms with Crippen LogP contribution >= 0.6 is 0 Å². The predicted molar refractivity (Wildman–Crippen MR) is 137 cm³/mol. The number of likely N-dealkylation sites (tertiary alicyclic amines) is 1. The van der Waals surface area contributed by atoms with Crippen LogP contribution in [0.2, 0.25) is 0 Å². The predicted octanol–water partition coefficient (Wildman–Crippen LogP) is 4.42. The molecule has 1 aromatic carbocycles. The molecule has 2 aliphatic rings. The van der Waals surface area contributed by atoms with Crippen molar-refractivity contribution >= 4 is 22.8 Å². The molecule has 35 heavy (non-hydrogen) atoms. The van der Waals surface area contributed by atoms with Gasteiger partial charge >= 0.3 is 6.03 Å². The molecule has 1 spiro atoms. The van der Waals surface area contributed by atoms with Gasteiger partial charge in [0, 0.05) is 62.7 Å². The third kappa shape index (κ3) is 4.33. The zero-order chi connectivity index (χ0) is 24.6. The third-order valence-electron chi connectivity index (χ3n) is 7.67. The first kappa shape index (κ1) is 23.5. The maximum Gasteiger partial charge on any atom is 0.327 e. The van der Waals surface area contributed by atoms with Gasteiger partial charge in [0.05, 0.1) is 6.54 Å². The molecule has 0 saturated carbocycles. The molecule has 7 heteroatoms. The first-order valence-corrected chi connectivity index (χ1v) is 12.7. The second-order valence-electron chi connectivity index (χ2n) is 10.5.